The van der Waals surface area contributed by atoms with Crippen molar-refractivity contribution in [2.24, 2.45) is 0 Å². The van der Waals surface area contributed by atoms with Gasteiger partial charge in [0.1, 0.15) is 0 Å². The van der Waals surface area contributed by atoms with Crippen molar-refractivity contribution in [1.29, 1.82) is 0 Å². The van der Waals surface area contributed by atoms with E-state index in [1.54, 1.807) is 0 Å². The van der Waals surface area contributed by atoms with E-state index < -0.39 is 0 Å². The van der Waals surface area contributed by atoms with Gasteiger partial charge in [0, 0.05) is 37.6 Å². The van der Waals surface area contributed by atoms with Crippen LogP contribution in [0.1, 0.15) is 58.3 Å². The Balaban J connectivity index is 1.38. The third kappa shape index (κ3) is 5.49. The third-order valence-corrected chi connectivity index (χ3v) is 5.39. The number of piperidine rings is 1. The molecule has 1 aromatic rings. The fourth-order valence-corrected chi connectivity index (χ4v) is 3.57. The van der Waals surface area contributed by atoms with Crippen LogP contribution in [0.3, 0.4) is 0 Å². The Labute approximate surface area is 157 Å². The van der Waals surface area contributed by atoms with Crippen molar-refractivity contribution in [3.8, 4) is 0 Å². The van der Waals surface area contributed by atoms with E-state index in [0.717, 1.165) is 51.8 Å². The van der Waals surface area contributed by atoms with Gasteiger partial charge in [-0.05, 0) is 32.9 Å². The van der Waals surface area contributed by atoms with Gasteiger partial charge in [0.2, 0.25) is 5.89 Å². The van der Waals surface area contributed by atoms with Crippen LogP contribution in [0, 0.1) is 0 Å². The van der Waals surface area contributed by atoms with E-state index >= 15 is 0 Å². The quantitative estimate of drug-likeness (QED) is 0.825. The summed E-state index contributed by atoms with van der Waals surface area (Å²) in [6, 6.07) is 0.623. The molecule has 0 spiro atoms. The van der Waals surface area contributed by atoms with Gasteiger partial charge in [0.25, 0.3) is 0 Å². The molecule has 0 saturated carbocycles. The second-order valence-electron chi connectivity index (χ2n) is 8.66. The van der Waals surface area contributed by atoms with E-state index in [0.29, 0.717) is 11.9 Å². The first-order chi connectivity index (χ1) is 12.4. The molecular formula is C19H35N5O2. The lowest BCUT2D eigenvalue weighted by Crippen LogP contribution is -2.46. The van der Waals surface area contributed by atoms with Crippen LogP contribution in [0.4, 0.5) is 0 Å². The zero-order valence-corrected chi connectivity index (χ0v) is 16.8. The van der Waals surface area contributed by atoms with Crippen molar-refractivity contribution in [2.45, 2.75) is 58.0 Å². The Hall–Kier alpha value is -1.02. The van der Waals surface area contributed by atoms with E-state index in [1.165, 1.54) is 19.4 Å². The first kappa shape index (κ1) is 19.7. The lowest BCUT2D eigenvalue weighted by molar-refractivity contribution is 0.0318. The molecule has 26 heavy (non-hydrogen) atoms. The molecule has 1 N–H and O–H groups in total. The molecule has 3 heterocycles. The Morgan fingerprint density at radius 1 is 1.08 bits per heavy atom. The van der Waals surface area contributed by atoms with Gasteiger partial charge in [-0.3, -0.25) is 4.90 Å². The smallest absolute Gasteiger partial charge is 0.243 e. The monoisotopic (exact) mass is 365 g/mol. The normalized spacial score (nSPS) is 22.6. The molecule has 148 valence electrons. The number of morpholine rings is 1. The summed E-state index contributed by atoms with van der Waals surface area (Å²) >= 11 is 0. The maximum Gasteiger partial charge on any atom is 0.243 e. The lowest BCUT2D eigenvalue weighted by Gasteiger charge is -2.35. The molecule has 0 radical (unpaired) electrons. The summed E-state index contributed by atoms with van der Waals surface area (Å²) < 4.78 is 10.9. The minimum absolute atomic E-state index is 0.0761. The number of rotatable bonds is 6. The molecule has 1 unspecified atom stereocenters. The summed E-state index contributed by atoms with van der Waals surface area (Å²) in [5.74, 6) is 1.48. The second kappa shape index (κ2) is 8.78. The van der Waals surface area contributed by atoms with Crippen molar-refractivity contribution in [3.05, 3.63) is 11.7 Å². The zero-order chi connectivity index (χ0) is 18.6. The molecule has 1 aromatic heterocycles. The van der Waals surface area contributed by atoms with Crippen molar-refractivity contribution < 1.29 is 9.26 Å². The maximum atomic E-state index is 5.47. The van der Waals surface area contributed by atoms with Crippen LogP contribution in [-0.2, 0) is 10.2 Å². The van der Waals surface area contributed by atoms with Gasteiger partial charge in [-0.2, -0.15) is 4.98 Å². The van der Waals surface area contributed by atoms with Gasteiger partial charge in [-0.1, -0.05) is 25.9 Å². The number of hydrogen-bond acceptors (Lipinski definition) is 7. The minimum Gasteiger partial charge on any atom is -0.379 e. The number of aromatic nitrogens is 2. The average Bonchev–Trinajstić information content (AvgIpc) is 3.13. The Bertz CT molecular complexity index is 542. The fraction of sp³-hybridized carbons (Fsp3) is 0.895. The number of likely N-dealkylation sites (tertiary alicyclic amines) is 1. The molecule has 2 aliphatic heterocycles. The highest BCUT2D eigenvalue weighted by Crippen LogP contribution is 2.22. The molecule has 2 aliphatic rings. The first-order valence-electron chi connectivity index (χ1n) is 10.0. The van der Waals surface area contributed by atoms with Crippen molar-refractivity contribution in [3.63, 3.8) is 0 Å². The van der Waals surface area contributed by atoms with Crippen LogP contribution in [-0.4, -0.2) is 78.5 Å². The van der Waals surface area contributed by atoms with Crippen LogP contribution < -0.4 is 5.32 Å². The van der Waals surface area contributed by atoms with Gasteiger partial charge in [-0.15, -0.1) is 0 Å². The molecule has 1 atom stereocenters. The Morgan fingerprint density at radius 3 is 2.27 bits per heavy atom. The van der Waals surface area contributed by atoms with E-state index in [2.05, 4.69) is 53.0 Å². The Kier molecular flexibility index (Phi) is 6.66. The van der Waals surface area contributed by atoms with Crippen LogP contribution in [0.25, 0.3) is 0 Å². The van der Waals surface area contributed by atoms with Gasteiger partial charge in [0.15, 0.2) is 5.82 Å². The number of nitrogens with zero attached hydrogens (tertiary/aromatic N) is 4. The third-order valence-electron chi connectivity index (χ3n) is 5.39. The van der Waals surface area contributed by atoms with E-state index in [-0.39, 0.29) is 11.5 Å². The largest absolute Gasteiger partial charge is 0.379 e. The van der Waals surface area contributed by atoms with Crippen LogP contribution in [0.5, 0.6) is 0 Å². The standard InChI is InChI=1S/C19H35N5O2/c1-15(17-21-18(22-26-17)19(2,3)4)20-16-5-7-23(8-6-16)9-10-24-11-13-25-14-12-24/h15-16,20H,5-14H2,1-4H3. The molecular weight excluding hydrogens is 330 g/mol. The van der Waals surface area contributed by atoms with Crippen LogP contribution in [0.15, 0.2) is 4.52 Å². The highest BCUT2D eigenvalue weighted by atomic mass is 16.5. The minimum atomic E-state index is -0.0761. The van der Waals surface area contributed by atoms with Crippen LogP contribution >= 0.6 is 0 Å². The van der Waals surface area contributed by atoms with Crippen molar-refractivity contribution >= 4 is 0 Å². The summed E-state index contributed by atoms with van der Waals surface area (Å²) in [6.07, 6.45) is 2.35. The van der Waals surface area contributed by atoms with Gasteiger partial charge >= 0.3 is 0 Å². The number of ether oxygens (including phenoxy) is 1. The van der Waals surface area contributed by atoms with Crippen LogP contribution in [0.2, 0.25) is 0 Å². The van der Waals surface area contributed by atoms with Crippen molar-refractivity contribution in [1.82, 2.24) is 25.3 Å². The predicted octanol–water partition coefficient (Wildman–Crippen LogP) is 1.81. The molecule has 0 aromatic carbocycles. The molecule has 2 saturated heterocycles. The Morgan fingerprint density at radius 2 is 1.69 bits per heavy atom. The molecule has 7 heteroatoms. The molecule has 0 amide bonds. The predicted molar refractivity (Wildman–Crippen MR) is 101 cm³/mol. The molecule has 0 bridgehead atoms. The molecule has 7 nitrogen and oxygen atoms in total. The summed E-state index contributed by atoms with van der Waals surface area (Å²) in [6.45, 7) is 17.0. The SMILES string of the molecule is CC(NC1CCN(CCN2CCOCC2)CC1)c1nc(C(C)(C)C)no1. The maximum absolute atomic E-state index is 5.47. The average molecular weight is 366 g/mol. The number of nitrogens with one attached hydrogen (secondary N) is 1. The number of hydrogen-bond donors (Lipinski definition) is 1. The summed E-state index contributed by atoms with van der Waals surface area (Å²) in [7, 11) is 0. The van der Waals surface area contributed by atoms with E-state index in [9.17, 15) is 0 Å². The lowest BCUT2D eigenvalue weighted by atomic mass is 9.96. The first-order valence-corrected chi connectivity index (χ1v) is 10.0. The van der Waals surface area contributed by atoms with E-state index in [1.807, 2.05) is 0 Å². The summed E-state index contributed by atoms with van der Waals surface area (Å²) in [4.78, 5) is 9.67. The molecule has 3 rings (SSSR count). The van der Waals surface area contributed by atoms with Gasteiger partial charge < -0.3 is 19.5 Å². The molecule has 2 fully saturated rings. The highest BCUT2D eigenvalue weighted by Gasteiger charge is 2.26. The second-order valence-corrected chi connectivity index (χ2v) is 8.66. The van der Waals surface area contributed by atoms with Gasteiger partial charge in [-0.25, -0.2) is 0 Å². The topological polar surface area (TPSA) is 66.7 Å². The fourth-order valence-electron chi connectivity index (χ4n) is 3.57. The van der Waals surface area contributed by atoms with Crippen molar-refractivity contribution in [2.75, 3.05) is 52.5 Å². The summed E-state index contributed by atoms with van der Waals surface area (Å²) in [5, 5.41) is 7.81. The summed E-state index contributed by atoms with van der Waals surface area (Å²) in [5.41, 5.74) is -0.0761. The highest BCUT2D eigenvalue weighted by molar-refractivity contribution is 5.02. The zero-order valence-electron chi connectivity index (χ0n) is 16.8. The van der Waals surface area contributed by atoms with Gasteiger partial charge in [0.05, 0.1) is 19.3 Å². The van der Waals surface area contributed by atoms with E-state index in [4.69, 9.17) is 9.26 Å². The molecule has 0 aliphatic carbocycles.